The largest absolute Gasteiger partial charge is 0.387 e. The van der Waals surface area contributed by atoms with Gasteiger partial charge in [-0.3, -0.25) is 4.79 Å². The Balaban J connectivity index is 1.86. The third kappa shape index (κ3) is 4.14. The van der Waals surface area contributed by atoms with Gasteiger partial charge in [0, 0.05) is 24.3 Å². The van der Waals surface area contributed by atoms with Gasteiger partial charge in [-0.1, -0.05) is 43.7 Å². The number of nitrogens with one attached hydrogen (secondary N) is 2. The lowest BCUT2D eigenvalue weighted by atomic mass is 9.87. The average molecular weight is 295 g/mol. The molecule has 1 saturated carbocycles. The van der Waals surface area contributed by atoms with E-state index in [2.05, 4.69) is 10.6 Å². The highest BCUT2D eigenvalue weighted by molar-refractivity contribution is 6.31. The summed E-state index contributed by atoms with van der Waals surface area (Å²) in [6, 6.07) is 5.33. The molecule has 1 aromatic rings. The van der Waals surface area contributed by atoms with Crippen LogP contribution in [0.2, 0.25) is 5.02 Å². The fourth-order valence-corrected chi connectivity index (χ4v) is 3.06. The van der Waals surface area contributed by atoms with Crippen LogP contribution < -0.4 is 10.6 Å². The van der Waals surface area contributed by atoms with Crippen LogP contribution >= 0.6 is 11.6 Å². The van der Waals surface area contributed by atoms with E-state index in [0.717, 1.165) is 24.6 Å². The molecule has 20 heavy (non-hydrogen) atoms. The summed E-state index contributed by atoms with van der Waals surface area (Å²) in [5.74, 6) is 0.736. The number of anilines is 1. The summed E-state index contributed by atoms with van der Waals surface area (Å²) in [5, 5.41) is 6.62. The Kier molecular flexibility index (Phi) is 5.72. The first-order valence-corrected chi connectivity index (χ1v) is 7.84. The minimum atomic E-state index is -0.0485. The number of amides is 1. The van der Waals surface area contributed by atoms with Crippen molar-refractivity contribution in [3.63, 3.8) is 0 Å². The van der Waals surface area contributed by atoms with E-state index in [4.69, 9.17) is 11.6 Å². The van der Waals surface area contributed by atoms with Gasteiger partial charge in [0.2, 0.25) is 0 Å². The highest BCUT2D eigenvalue weighted by atomic mass is 35.5. The molecule has 0 radical (unpaired) electrons. The number of halogens is 1. The molecule has 2 rings (SSSR count). The Morgan fingerprint density at radius 1 is 1.30 bits per heavy atom. The highest BCUT2D eigenvalue weighted by Crippen LogP contribution is 2.26. The van der Waals surface area contributed by atoms with Crippen LogP contribution in [-0.4, -0.2) is 19.5 Å². The minimum Gasteiger partial charge on any atom is -0.387 e. The molecule has 0 aliphatic heterocycles. The predicted octanol–water partition coefficient (Wildman–Crippen LogP) is 4.08. The zero-order chi connectivity index (χ0) is 14.4. The number of hydrogen-bond donors (Lipinski definition) is 2. The topological polar surface area (TPSA) is 41.1 Å². The molecule has 1 aromatic carbocycles. The fraction of sp³-hybridized carbons (Fsp3) is 0.562. The molecule has 110 valence electrons. The van der Waals surface area contributed by atoms with E-state index >= 15 is 0 Å². The summed E-state index contributed by atoms with van der Waals surface area (Å²) in [6.45, 7) is 0.749. The molecule has 0 bridgehead atoms. The van der Waals surface area contributed by atoms with E-state index < -0.39 is 0 Å². The normalized spacial score (nSPS) is 15.9. The molecular formula is C16H23ClN2O. The molecule has 1 fully saturated rings. The van der Waals surface area contributed by atoms with Crippen molar-refractivity contribution in [3.05, 3.63) is 28.8 Å². The monoisotopic (exact) mass is 294 g/mol. The molecule has 1 aliphatic carbocycles. The van der Waals surface area contributed by atoms with Gasteiger partial charge in [0.05, 0.1) is 5.56 Å². The summed E-state index contributed by atoms with van der Waals surface area (Å²) in [7, 11) is 1.81. The van der Waals surface area contributed by atoms with Gasteiger partial charge in [-0.15, -0.1) is 0 Å². The number of carbonyl (C=O) groups is 1. The van der Waals surface area contributed by atoms with Crippen LogP contribution in [0.3, 0.4) is 0 Å². The van der Waals surface area contributed by atoms with Crippen LogP contribution in [0.1, 0.15) is 48.9 Å². The third-order valence-corrected chi connectivity index (χ3v) is 4.29. The second-order valence-corrected chi connectivity index (χ2v) is 5.92. The Labute approximate surface area is 126 Å². The lowest BCUT2D eigenvalue weighted by Gasteiger charge is -2.21. The van der Waals surface area contributed by atoms with E-state index in [0.29, 0.717) is 10.6 Å². The smallest absolute Gasteiger partial charge is 0.253 e. The van der Waals surface area contributed by atoms with E-state index in [1.165, 1.54) is 32.1 Å². The van der Waals surface area contributed by atoms with Crippen molar-refractivity contribution in [2.24, 2.45) is 5.92 Å². The maximum Gasteiger partial charge on any atom is 0.253 e. The number of carbonyl (C=O) groups excluding carboxylic acids is 1. The van der Waals surface area contributed by atoms with Crippen molar-refractivity contribution in [1.82, 2.24) is 5.32 Å². The van der Waals surface area contributed by atoms with Gasteiger partial charge < -0.3 is 10.6 Å². The second-order valence-electron chi connectivity index (χ2n) is 5.49. The SMILES string of the molecule is CNc1ccc(Cl)cc1C(=O)NCCC1CCCCC1. The van der Waals surface area contributed by atoms with Crippen molar-refractivity contribution >= 4 is 23.2 Å². The summed E-state index contributed by atoms with van der Waals surface area (Å²) in [5.41, 5.74) is 1.42. The lowest BCUT2D eigenvalue weighted by Crippen LogP contribution is -2.27. The van der Waals surface area contributed by atoms with Crippen LogP contribution in [0, 0.1) is 5.92 Å². The van der Waals surface area contributed by atoms with Crippen molar-refractivity contribution in [1.29, 1.82) is 0 Å². The predicted molar refractivity (Wildman–Crippen MR) is 84.5 cm³/mol. The van der Waals surface area contributed by atoms with E-state index in [-0.39, 0.29) is 5.91 Å². The third-order valence-electron chi connectivity index (χ3n) is 4.06. The number of benzene rings is 1. The van der Waals surface area contributed by atoms with E-state index in [1.54, 1.807) is 12.1 Å². The zero-order valence-corrected chi connectivity index (χ0v) is 12.8. The first-order valence-electron chi connectivity index (χ1n) is 7.46. The first-order chi connectivity index (χ1) is 9.70. The van der Waals surface area contributed by atoms with Gasteiger partial charge in [-0.2, -0.15) is 0 Å². The second kappa shape index (κ2) is 7.53. The van der Waals surface area contributed by atoms with Gasteiger partial charge >= 0.3 is 0 Å². The van der Waals surface area contributed by atoms with Crippen molar-refractivity contribution < 1.29 is 4.79 Å². The van der Waals surface area contributed by atoms with Crippen LogP contribution in [0.5, 0.6) is 0 Å². The summed E-state index contributed by atoms with van der Waals surface area (Å²) >= 11 is 5.97. The summed E-state index contributed by atoms with van der Waals surface area (Å²) in [6.07, 6.45) is 7.77. The van der Waals surface area contributed by atoms with Gasteiger partial charge in [0.25, 0.3) is 5.91 Å². The van der Waals surface area contributed by atoms with Crippen molar-refractivity contribution in [2.75, 3.05) is 18.9 Å². The number of rotatable bonds is 5. The van der Waals surface area contributed by atoms with Gasteiger partial charge in [0.15, 0.2) is 0 Å². The molecule has 1 amide bonds. The molecule has 4 heteroatoms. The molecular weight excluding hydrogens is 272 g/mol. The average Bonchev–Trinajstić information content (AvgIpc) is 2.48. The Morgan fingerprint density at radius 3 is 2.75 bits per heavy atom. The van der Waals surface area contributed by atoms with Crippen LogP contribution in [0.15, 0.2) is 18.2 Å². The van der Waals surface area contributed by atoms with E-state index in [1.807, 2.05) is 13.1 Å². The molecule has 0 spiro atoms. The van der Waals surface area contributed by atoms with Crippen LogP contribution in [0.4, 0.5) is 5.69 Å². The standard InChI is InChI=1S/C16H23ClN2O/c1-18-15-8-7-13(17)11-14(15)16(20)19-10-9-12-5-3-2-4-6-12/h7-8,11-12,18H,2-6,9-10H2,1H3,(H,19,20). The van der Waals surface area contributed by atoms with Crippen LogP contribution in [0.25, 0.3) is 0 Å². The Morgan fingerprint density at radius 2 is 2.05 bits per heavy atom. The molecule has 1 aliphatic rings. The zero-order valence-electron chi connectivity index (χ0n) is 12.0. The summed E-state index contributed by atoms with van der Waals surface area (Å²) < 4.78 is 0. The molecule has 0 aromatic heterocycles. The molecule has 0 unspecified atom stereocenters. The molecule has 0 saturated heterocycles. The lowest BCUT2D eigenvalue weighted by molar-refractivity contribution is 0.0951. The maximum atomic E-state index is 12.2. The van der Waals surface area contributed by atoms with Gasteiger partial charge in [-0.05, 0) is 30.5 Å². The molecule has 2 N–H and O–H groups in total. The van der Waals surface area contributed by atoms with Crippen LogP contribution in [-0.2, 0) is 0 Å². The first kappa shape index (κ1) is 15.2. The summed E-state index contributed by atoms with van der Waals surface area (Å²) in [4.78, 5) is 12.2. The van der Waals surface area contributed by atoms with Gasteiger partial charge in [-0.25, -0.2) is 0 Å². The van der Waals surface area contributed by atoms with Gasteiger partial charge in [0.1, 0.15) is 0 Å². The molecule has 0 heterocycles. The van der Waals surface area contributed by atoms with Crippen molar-refractivity contribution in [2.45, 2.75) is 38.5 Å². The Hall–Kier alpha value is -1.22. The fourth-order valence-electron chi connectivity index (χ4n) is 2.88. The molecule has 0 atom stereocenters. The molecule has 3 nitrogen and oxygen atoms in total. The quantitative estimate of drug-likeness (QED) is 0.859. The number of hydrogen-bond acceptors (Lipinski definition) is 2. The minimum absolute atomic E-state index is 0.0485. The highest BCUT2D eigenvalue weighted by Gasteiger charge is 2.15. The maximum absolute atomic E-state index is 12.2. The Bertz CT molecular complexity index is 456. The van der Waals surface area contributed by atoms with Crippen molar-refractivity contribution in [3.8, 4) is 0 Å². The van der Waals surface area contributed by atoms with E-state index in [9.17, 15) is 4.79 Å².